The second kappa shape index (κ2) is 9.82. The average molecular weight is 364 g/mol. The standard InChI is InChI=1S/C19H29N3O2S/c1-3-4-11-25-14(2)19(24)21-16-8-5-7-15(12-16)13-22-10-6-9-17(22)18(20)23/h5,7-8,12,14,17H,3-4,6,9-11,13H2,1-2H3,(H2,20,23)(H,21,24). The first-order valence-electron chi connectivity index (χ1n) is 9.06. The molecule has 0 aromatic heterocycles. The molecule has 1 saturated heterocycles. The van der Waals surface area contributed by atoms with Gasteiger partial charge in [0.25, 0.3) is 0 Å². The van der Waals surface area contributed by atoms with Crippen LogP contribution in [0.5, 0.6) is 0 Å². The molecule has 0 radical (unpaired) electrons. The third-order valence-corrected chi connectivity index (χ3v) is 5.75. The number of hydrogen-bond donors (Lipinski definition) is 2. The van der Waals surface area contributed by atoms with Crippen LogP contribution in [0.1, 0.15) is 45.1 Å². The van der Waals surface area contributed by atoms with Crippen molar-refractivity contribution in [3.8, 4) is 0 Å². The van der Waals surface area contributed by atoms with Gasteiger partial charge in [-0.1, -0.05) is 25.5 Å². The van der Waals surface area contributed by atoms with Gasteiger partial charge in [-0.25, -0.2) is 0 Å². The minimum Gasteiger partial charge on any atom is -0.368 e. The highest BCUT2D eigenvalue weighted by Gasteiger charge is 2.28. The number of amides is 2. The van der Waals surface area contributed by atoms with E-state index < -0.39 is 0 Å². The highest BCUT2D eigenvalue weighted by molar-refractivity contribution is 8.00. The van der Waals surface area contributed by atoms with Crippen LogP contribution >= 0.6 is 11.8 Å². The van der Waals surface area contributed by atoms with E-state index in [0.29, 0.717) is 6.54 Å². The maximum atomic E-state index is 12.3. The summed E-state index contributed by atoms with van der Waals surface area (Å²) in [5.74, 6) is 0.795. The molecule has 0 spiro atoms. The number of carbonyl (C=O) groups is 2. The van der Waals surface area contributed by atoms with Crippen molar-refractivity contribution in [2.24, 2.45) is 5.73 Å². The summed E-state index contributed by atoms with van der Waals surface area (Å²) < 4.78 is 0. The zero-order valence-electron chi connectivity index (χ0n) is 15.2. The summed E-state index contributed by atoms with van der Waals surface area (Å²) in [4.78, 5) is 25.9. The summed E-state index contributed by atoms with van der Waals surface area (Å²) in [6.45, 7) is 5.66. The lowest BCUT2D eigenvalue weighted by Crippen LogP contribution is -2.39. The van der Waals surface area contributed by atoms with Gasteiger partial charge in [0.15, 0.2) is 0 Å². The smallest absolute Gasteiger partial charge is 0.237 e. The van der Waals surface area contributed by atoms with Gasteiger partial charge in [-0.15, -0.1) is 11.8 Å². The maximum absolute atomic E-state index is 12.3. The molecule has 6 heteroatoms. The average Bonchev–Trinajstić information content (AvgIpc) is 3.03. The molecule has 138 valence electrons. The number of nitrogens with one attached hydrogen (secondary N) is 1. The number of hydrogen-bond acceptors (Lipinski definition) is 4. The Kier molecular flexibility index (Phi) is 7.78. The monoisotopic (exact) mass is 363 g/mol. The fourth-order valence-electron chi connectivity index (χ4n) is 3.04. The lowest BCUT2D eigenvalue weighted by Gasteiger charge is -2.22. The molecule has 1 fully saturated rings. The van der Waals surface area contributed by atoms with Gasteiger partial charge in [0.2, 0.25) is 11.8 Å². The molecule has 2 atom stereocenters. The molecule has 3 N–H and O–H groups in total. The first-order chi connectivity index (χ1) is 12.0. The van der Waals surface area contributed by atoms with Gasteiger partial charge in [-0.05, 0) is 56.2 Å². The Labute approximate surface area is 154 Å². The lowest BCUT2D eigenvalue weighted by atomic mass is 10.1. The van der Waals surface area contributed by atoms with Crippen molar-refractivity contribution >= 4 is 29.3 Å². The Bertz CT molecular complexity index is 594. The van der Waals surface area contributed by atoms with Gasteiger partial charge in [0, 0.05) is 12.2 Å². The SMILES string of the molecule is CCCCSC(C)C(=O)Nc1cccc(CN2CCCC2C(N)=O)c1. The van der Waals surface area contributed by atoms with Crippen LogP contribution in [0.4, 0.5) is 5.69 Å². The van der Waals surface area contributed by atoms with Crippen LogP contribution in [0.15, 0.2) is 24.3 Å². The van der Waals surface area contributed by atoms with E-state index in [1.807, 2.05) is 31.2 Å². The molecule has 2 rings (SSSR count). The summed E-state index contributed by atoms with van der Waals surface area (Å²) >= 11 is 1.69. The van der Waals surface area contributed by atoms with Crippen molar-refractivity contribution in [2.75, 3.05) is 17.6 Å². The highest BCUT2D eigenvalue weighted by Crippen LogP contribution is 2.22. The van der Waals surface area contributed by atoms with Gasteiger partial charge < -0.3 is 11.1 Å². The van der Waals surface area contributed by atoms with Crippen molar-refractivity contribution in [3.05, 3.63) is 29.8 Å². The summed E-state index contributed by atoms with van der Waals surface area (Å²) in [6, 6.07) is 7.67. The van der Waals surface area contributed by atoms with E-state index in [2.05, 4.69) is 17.1 Å². The fourth-order valence-corrected chi connectivity index (χ4v) is 4.06. The van der Waals surface area contributed by atoms with Crippen LogP contribution in [0, 0.1) is 0 Å². The molecule has 2 unspecified atom stereocenters. The van der Waals surface area contributed by atoms with E-state index in [1.54, 1.807) is 11.8 Å². The summed E-state index contributed by atoms with van der Waals surface area (Å²) in [7, 11) is 0. The number of unbranched alkanes of at least 4 members (excludes halogenated alkanes) is 1. The number of carbonyl (C=O) groups excluding carboxylic acids is 2. The van der Waals surface area contributed by atoms with Gasteiger partial charge >= 0.3 is 0 Å². The minimum absolute atomic E-state index is 0.0365. The van der Waals surface area contributed by atoms with E-state index in [-0.39, 0.29) is 23.1 Å². The first-order valence-corrected chi connectivity index (χ1v) is 10.1. The molecule has 5 nitrogen and oxygen atoms in total. The topological polar surface area (TPSA) is 75.4 Å². The molecular weight excluding hydrogens is 334 g/mol. The maximum Gasteiger partial charge on any atom is 0.237 e. The van der Waals surface area contributed by atoms with Crippen molar-refractivity contribution in [2.45, 2.75) is 57.4 Å². The molecule has 25 heavy (non-hydrogen) atoms. The van der Waals surface area contributed by atoms with Crippen LogP contribution in [-0.4, -0.2) is 40.3 Å². The zero-order valence-corrected chi connectivity index (χ0v) is 16.0. The number of primary amides is 1. The summed E-state index contributed by atoms with van der Waals surface area (Å²) in [5.41, 5.74) is 7.37. The molecule has 2 amide bonds. The Morgan fingerprint density at radius 2 is 2.24 bits per heavy atom. The molecule has 0 aliphatic carbocycles. The van der Waals surface area contributed by atoms with Crippen molar-refractivity contribution in [1.29, 1.82) is 0 Å². The lowest BCUT2D eigenvalue weighted by molar-refractivity contribution is -0.122. The van der Waals surface area contributed by atoms with E-state index >= 15 is 0 Å². The molecule has 1 aliphatic heterocycles. The third kappa shape index (κ3) is 6.04. The number of anilines is 1. The Morgan fingerprint density at radius 3 is 2.96 bits per heavy atom. The number of rotatable bonds is 9. The van der Waals surface area contributed by atoms with Crippen LogP contribution in [-0.2, 0) is 16.1 Å². The van der Waals surface area contributed by atoms with Gasteiger partial charge in [-0.3, -0.25) is 14.5 Å². The fraction of sp³-hybridized carbons (Fsp3) is 0.579. The van der Waals surface area contributed by atoms with Crippen molar-refractivity contribution in [3.63, 3.8) is 0 Å². The van der Waals surface area contributed by atoms with Gasteiger partial charge in [-0.2, -0.15) is 0 Å². The summed E-state index contributed by atoms with van der Waals surface area (Å²) in [5, 5.41) is 2.94. The van der Waals surface area contributed by atoms with Gasteiger partial charge in [0.1, 0.15) is 0 Å². The predicted molar refractivity (Wildman–Crippen MR) is 105 cm³/mol. The largest absolute Gasteiger partial charge is 0.368 e. The molecule has 0 bridgehead atoms. The Morgan fingerprint density at radius 1 is 1.44 bits per heavy atom. The van der Waals surface area contributed by atoms with Crippen molar-refractivity contribution < 1.29 is 9.59 Å². The number of nitrogens with two attached hydrogens (primary N) is 1. The Balaban J connectivity index is 1.92. The molecule has 1 aliphatic rings. The number of thioether (sulfide) groups is 1. The van der Waals surface area contributed by atoms with Crippen LogP contribution < -0.4 is 11.1 Å². The van der Waals surface area contributed by atoms with Crippen molar-refractivity contribution in [1.82, 2.24) is 4.90 Å². The first kappa shape index (κ1) is 19.8. The number of likely N-dealkylation sites (tertiary alicyclic amines) is 1. The predicted octanol–water partition coefficient (Wildman–Crippen LogP) is 3.00. The summed E-state index contributed by atoms with van der Waals surface area (Å²) in [6.07, 6.45) is 4.11. The normalized spacial score (nSPS) is 18.9. The number of benzene rings is 1. The molecule has 1 aromatic rings. The third-order valence-electron chi connectivity index (χ3n) is 4.51. The van der Waals surface area contributed by atoms with Crippen LogP contribution in [0.25, 0.3) is 0 Å². The molecule has 1 heterocycles. The minimum atomic E-state index is -0.250. The highest BCUT2D eigenvalue weighted by atomic mass is 32.2. The Hall–Kier alpha value is -1.53. The number of nitrogens with zero attached hydrogens (tertiary/aromatic N) is 1. The second-order valence-corrected chi connectivity index (χ2v) is 8.04. The quantitative estimate of drug-likeness (QED) is 0.661. The van der Waals surface area contributed by atoms with Crippen LogP contribution in [0.3, 0.4) is 0 Å². The molecule has 1 aromatic carbocycles. The molecule has 0 saturated carbocycles. The van der Waals surface area contributed by atoms with E-state index in [0.717, 1.165) is 49.2 Å². The zero-order chi connectivity index (χ0) is 18.2. The second-order valence-electron chi connectivity index (χ2n) is 6.59. The van der Waals surface area contributed by atoms with E-state index in [4.69, 9.17) is 5.73 Å². The van der Waals surface area contributed by atoms with E-state index in [1.165, 1.54) is 0 Å². The van der Waals surface area contributed by atoms with Crippen LogP contribution in [0.2, 0.25) is 0 Å². The van der Waals surface area contributed by atoms with Gasteiger partial charge in [0.05, 0.1) is 11.3 Å². The van der Waals surface area contributed by atoms with E-state index in [9.17, 15) is 9.59 Å². The molecular formula is C19H29N3O2S.